The second-order valence-corrected chi connectivity index (χ2v) is 6.61. The number of methoxy groups -OCH3 is 1. The Morgan fingerprint density at radius 3 is 3.00 bits per heavy atom. The number of aryl methyl sites for hydroxylation is 1. The van der Waals surface area contributed by atoms with E-state index in [4.69, 9.17) is 4.74 Å². The second kappa shape index (κ2) is 7.57. The highest BCUT2D eigenvalue weighted by atomic mass is 32.1. The van der Waals surface area contributed by atoms with E-state index in [-0.39, 0.29) is 5.91 Å². The Morgan fingerprint density at radius 2 is 2.22 bits per heavy atom. The summed E-state index contributed by atoms with van der Waals surface area (Å²) in [6, 6.07) is 10.4. The number of hydrogen-bond acceptors (Lipinski definition) is 5. The van der Waals surface area contributed by atoms with Crippen LogP contribution in [0, 0.1) is 0 Å². The van der Waals surface area contributed by atoms with Gasteiger partial charge < -0.3 is 15.0 Å². The molecule has 122 valence electrons. The Kier molecular flexibility index (Phi) is 5.25. The van der Waals surface area contributed by atoms with Gasteiger partial charge in [0, 0.05) is 31.6 Å². The van der Waals surface area contributed by atoms with Crippen LogP contribution in [0.4, 0.5) is 5.82 Å². The van der Waals surface area contributed by atoms with Crippen molar-refractivity contribution in [3.05, 3.63) is 45.8 Å². The highest BCUT2D eigenvalue weighted by Crippen LogP contribution is 2.32. The SMILES string of the molecule is COCCNC(=O)c1nc2c(s1)CCCN2Cc1ccccc1. The van der Waals surface area contributed by atoms with Gasteiger partial charge in [0.2, 0.25) is 0 Å². The van der Waals surface area contributed by atoms with E-state index in [1.807, 2.05) is 6.07 Å². The Balaban J connectivity index is 1.73. The molecule has 0 spiro atoms. The lowest BCUT2D eigenvalue weighted by atomic mass is 10.1. The molecule has 0 atom stereocenters. The molecule has 0 saturated carbocycles. The second-order valence-electron chi connectivity index (χ2n) is 5.53. The first-order chi connectivity index (χ1) is 11.3. The molecule has 1 aliphatic heterocycles. The maximum atomic E-state index is 12.2. The lowest BCUT2D eigenvalue weighted by Crippen LogP contribution is -2.29. The quantitative estimate of drug-likeness (QED) is 0.826. The number of fused-ring (bicyclic) bond motifs is 1. The summed E-state index contributed by atoms with van der Waals surface area (Å²) >= 11 is 1.51. The molecule has 1 aromatic heterocycles. The number of amides is 1. The molecule has 2 heterocycles. The molecule has 3 rings (SSSR count). The van der Waals surface area contributed by atoms with Crippen molar-refractivity contribution in [1.29, 1.82) is 0 Å². The molecule has 0 aliphatic carbocycles. The zero-order chi connectivity index (χ0) is 16.1. The van der Waals surface area contributed by atoms with E-state index in [1.165, 1.54) is 21.8 Å². The highest BCUT2D eigenvalue weighted by Gasteiger charge is 2.24. The number of carbonyl (C=O) groups is 1. The molecule has 0 radical (unpaired) electrons. The van der Waals surface area contributed by atoms with Crippen LogP contribution in [0.25, 0.3) is 0 Å². The van der Waals surface area contributed by atoms with Gasteiger partial charge in [-0.1, -0.05) is 30.3 Å². The van der Waals surface area contributed by atoms with Gasteiger partial charge in [0.05, 0.1) is 6.61 Å². The van der Waals surface area contributed by atoms with E-state index in [0.29, 0.717) is 18.2 Å². The van der Waals surface area contributed by atoms with Crippen molar-refractivity contribution < 1.29 is 9.53 Å². The van der Waals surface area contributed by atoms with Gasteiger partial charge >= 0.3 is 0 Å². The Labute approximate surface area is 140 Å². The lowest BCUT2D eigenvalue weighted by molar-refractivity contribution is 0.0937. The summed E-state index contributed by atoms with van der Waals surface area (Å²) in [5.74, 6) is 0.864. The van der Waals surface area contributed by atoms with Crippen molar-refractivity contribution in [2.75, 3.05) is 31.7 Å². The Bertz CT molecular complexity index is 657. The number of benzene rings is 1. The van der Waals surface area contributed by atoms with Crippen LogP contribution in [0.1, 0.15) is 26.7 Å². The van der Waals surface area contributed by atoms with E-state index in [1.54, 1.807) is 7.11 Å². The molecular formula is C17H21N3O2S. The minimum absolute atomic E-state index is 0.110. The summed E-state index contributed by atoms with van der Waals surface area (Å²) in [7, 11) is 1.62. The minimum atomic E-state index is -0.110. The molecule has 0 unspecified atom stereocenters. The largest absolute Gasteiger partial charge is 0.383 e. The van der Waals surface area contributed by atoms with E-state index < -0.39 is 0 Å². The summed E-state index contributed by atoms with van der Waals surface area (Å²) < 4.78 is 4.95. The number of nitrogens with one attached hydrogen (secondary N) is 1. The first kappa shape index (κ1) is 16.0. The van der Waals surface area contributed by atoms with Crippen molar-refractivity contribution in [3.63, 3.8) is 0 Å². The third-order valence-electron chi connectivity index (χ3n) is 3.81. The summed E-state index contributed by atoms with van der Waals surface area (Å²) in [5, 5.41) is 3.39. The highest BCUT2D eigenvalue weighted by molar-refractivity contribution is 7.14. The normalized spacial score (nSPS) is 13.7. The summed E-state index contributed by atoms with van der Waals surface area (Å²) in [5.41, 5.74) is 1.26. The van der Waals surface area contributed by atoms with Gasteiger partial charge in [-0.25, -0.2) is 4.98 Å². The van der Waals surface area contributed by atoms with Crippen molar-refractivity contribution >= 4 is 23.1 Å². The van der Waals surface area contributed by atoms with Crippen LogP contribution in [0.5, 0.6) is 0 Å². The molecule has 23 heavy (non-hydrogen) atoms. The zero-order valence-electron chi connectivity index (χ0n) is 13.2. The molecule has 2 aromatic rings. The van der Waals surface area contributed by atoms with Crippen LogP contribution in [-0.4, -0.2) is 37.7 Å². The number of anilines is 1. The van der Waals surface area contributed by atoms with Crippen molar-refractivity contribution in [1.82, 2.24) is 10.3 Å². The standard InChI is InChI=1S/C17H21N3O2S/c1-22-11-9-18-16(21)17-19-15-14(23-17)8-5-10-20(15)12-13-6-3-2-4-7-13/h2-4,6-7H,5,8-12H2,1H3,(H,18,21). The predicted octanol–water partition coefficient (Wildman–Crippen LogP) is 2.47. The van der Waals surface area contributed by atoms with Gasteiger partial charge in [0.15, 0.2) is 5.01 Å². The molecule has 0 bridgehead atoms. The van der Waals surface area contributed by atoms with Gasteiger partial charge in [0.25, 0.3) is 5.91 Å². The third kappa shape index (κ3) is 3.89. The van der Waals surface area contributed by atoms with Crippen LogP contribution in [0.3, 0.4) is 0 Å². The topological polar surface area (TPSA) is 54.5 Å². The van der Waals surface area contributed by atoms with Gasteiger partial charge in [-0.05, 0) is 18.4 Å². The minimum Gasteiger partial charge on any atom is -0.383 e. The number of rotatable bonds is 6. The van der Waals surface area contributed by atoms with E-state index in [9.17, 15) is 4.79 Å². The Morgan fingerprint density at radius 1 is 1.39 bits per heavy atom. The first-order valence-corrected chi connectivity index (χ1v) is 8.65. The fraction of sp³-hybridized carbons (Fsp3) is 0.412. The molecule has 6 heteroatoms. The van der Waals surface area contributed by atoms with Gasteiger partial charge in [-0.2, -0.15) is 0 Å². The summed E-state index contributed by atoms with van der Waals surface area (Å²) in [6.07, 6.45) is 2.11. The third-order valence-corrected chi connectivity index (χ3v) is 4.91. The summed E-state index contributed by atoms with van der Waals surface area (Å²) in [4.78, 5) is 20.3. The molecule has 1 aromatic carbocycles. The predicted molar refractivity (Wildman–Crippen MR) is 92.1 cm³/mol. The molecule has 0 saturated heterocycles. The van der Waals surface area contributed by atoms with Crippen LogP contribution < -0.4 is 10.2 Å². The van der Waals surface area contributed by atoms with Crippen LogP contribution in [0.15, 0.2) is 30.3 Å². The van der Waals surface area contributed by atoms with Crippen LogP contribution >= 0.6 is 11.3 Å². The molecular weight excluding hydrogens is 310 g/mol. The number of thiazole rings is 1. The van der Waals surface area contributed by atoms with Crippen molar-refractivity contribution in [2.24, 2.45) is 0 Å². The van der Waals surface area contributed by atoms with E-state index in [0.717, 1.165) is 31.7 Å². The number of aromatic nitrogens is 1. The fourth-order valence-electron chi connectivity index (χ4n) is 2.69. The van der Waals surface area contributed by atoms with E-state index >= 15 is 0 Å². The van der Waals surface area contributed by atoms with Gasteiger partial charge in [-0.15, -0.1) is 11.3 Å². The van der Waals surface area contributed by atoms with Crippen LogP contribution in [0.2, 0.25) is 0 Å². The zero-order valence-corrected chi connectivity index (χ0v) is 14.1. The van der Waals surface area contributed by atoms with Gasteiger partial charge in [0.1, 0.15) is 5.82 Å². The average molecular weight is 331 g/mol. The summed E-state index contributed by atoms with van der Waals surface area (Å²) in [6.45, 7) is 2.84. The molecule has 0 fully saturated rings. The van der Waals surface area contributed by atoms with Crippen molar-refractivity contribution in [2.45, 2.75) is 19.4 Å². The monoisotopic (exact) mass is 331 g/mol. The number of ether oxygens (including phenoxy) is 1. The maximum absolute atomic E-state index is 12.2. The Hall–Kier alpha value is -1.92. The average Bonchev–Trinajstić information content (AvgIpc) is 3.01. The molecule has 5 nitrogen and oxygen atoms in total. The lowest BCUT2D eigenvalue weighted by Gasteiger charge is -2.27. The smallest absolute Gasteiger partial charge is 0.280 e. The fourth-order valence-corrected chi connectivity index (χ4v) is 3.73. The first-order valence-electron chi connectivity index (χ1n) is 7.83. The maximum Gasteiger partial charge on any atom is 0.280 e. The number of hydrogen-bond donors (Lipinski definition) is 1. The van der Waals surface area contributed by atoms with Gasteiger partial charge in [-0.3, -0.25) is 4.79 Å². The van der Waals surface area contributed by atoms with Crippen molar-refractivity contribution in [3.8, 4) is 0 Å². The van der Waals surface area contributed by atoms with E-state index in [2.05, 4.69) is 39.5 Å². The molecule has 1 amide bonds. The number of carbonyl (C=O) groups excluding carboxylic acids is 1. The van der Waals surface area contributed by atoms with Crippen LogP contribution in [-0.2, 0) is 17.7 Å². The molecule has 1 N–H and O–H groups in total. The molecule has 1 aliphatic rings. The number of nitrogens with zero attached hydrogens (tertiary/aromatic N) is 2.